The first kappa shape index (κ1) is 18.1. The van der Waals surface area contributed by atoms with Crippen LogP contribution in [0.25, 0.3) is 33.0 Å². The van der Waals surface area contributed by atoms with E-state index in [4.69, 9.17) is 0 Å². The number of hydrogen-bond acceptors (Lipinski definition) is 3. The van der Waals surface area contributed by atoms with E-state index in [1.807, 2.05) is 47.6 Å². The quantitative estimate of drug-likeness (QED) is 0.506. The fourth-order valence-electron chi connectivity index (χ4n) is 3.48. The summed E-state index contributed by atoms with van der Waals surface area (Å²) in [5, 5.41) is 12.0. The van der Waals surface area contributed by atoms with Gasteiger partial charge in [-0.3, -0.25) is 9.78 Å². The molecule has 2 heterocycles. The molecule has 28 heavy (non-hydrogen) atoms. The summed E-state index contributed by atoms with van der Waals surface area (Å²) in [5.74, 6) is 0. The van der Waals surface area contributed by atoms with E-state index in [0.717, 1.165) is 39.3 Å². The van der Waals surface area contributed by atoms with Crippen LogP contribution in [0.2, 0.25) is 0 Å². The number of fused-ring (bicyclic) bond motifs is 1. The molecule has 4 heteroatoms. The van der Waals surface area contributed by atoms with Crippen LogP contribution in [0.5, 0.6) is 0 Å². The van der Waals surface area contributed by atoms with Crippen LogP contribution in [0.4, 0.5) is 0 Å². The van der Waals surface area contributed by atoms with Crippen LogP contribution in [-0.4, -0.2) is 26.5 Å². The number of pyridine rings is 1. The number of aromatic nitrogens is 2. The molecule has 0 fully saturated rings. The number of hydrogen-bond donors (Lipinski definition) is 1. The smallest absolute Gasteiger partial charge is 0.150 e. The van der Waals surface area contributed by atoms with Gasteiger partial charge in [-0.2, -0.15) is 0 Å². The molecule has 0 saturated carbocycles. The number of carbonyl (C=O) groups is 1. The van der Waals surface area contributed by atoms with Gasteiger partial charge in [0.25, 0.3) is 0 Å². The lowest BCUT2D eigenvalue weighted by atomic mass is 9.98. The number of nitrogens with zero attached hydrogens (tertiary/aromatic N) is 2. The number of benzene rings is 2. The summed E-state index contributed by atoms with van der Waals surface area (Å²) in [4.78, 5) is 15.5. The lowest BCUT2D eigenvalue weighted by Gasteiger charge is -2.17. The highest BCUT2D eigenvalue weighted by Crippen LogP contribution is 2.30. The van der Waals surface area contributed by atoms with E-state index in [1.165, 1.54) is 0 Å². The second-order valence-electron chi connectivity index (χ2n) is 7.75. The molecule has 0 saturated heterocycles. The summed E-state index contributed by atoms with van der Waals surface area (Å²) in [5.41, 5.74) is 4.19. The average Bonchev–Trinajstić information content (AvgIpc) is 3.14. The van der Waals surface area contributed by atoms with Gasteiger partial charge in [0, 0.05) is 41.3 Å². The van der Waals surface area contributed by atoms with Gasteiger partial charge in [0.05, 0.1) is 12.1 Å². The first-order chi connectivity index (χ1) is 13.4. The number of rotatable bonds is 5. The summed E-state index contributed by atoms with van der Waals surface area (Å²) in [6.45, 7) is 4.15. The largest absolute Gasteiger partial charge is 0.389 e. The maximum Gasteiger partial charge on any atom is 0.150 e. The summed E-state index contributed by atoms with van der Waals surface area (Å²) >= 11 is 0. The van der Waals surface area contributed by atoms with Gasteiger partial charge < -0.3 is 9.67 Å². The fourth-order valence-corrected chi connectivity index (χ4v) is 3.48. The molecule has 4 nitrogen and oxygen atoms in total. The van der Waals surface area contributed by atoms with Gasteiger partial charge in [-0.1, -0.05) is 36.4 Å². The SMILES string of the molecule is CC(C)(O)Cn1ccc(-c2ccc(-c3cncc4ccc(C=O)cc34)cc2)c1. The Morgan fingerprint density at radius 3 is 2.46 bits per heavy atom. The number of aldehydes is 1. The highest BCUT2D eigenvalue weighted by atomic mass is 16.3. The Kier molecular flexibility index (Phi) is 4.57. The Hall–Kier alpha value is -3.24. The molecule has 0 radical (unpaired) electrons. The van der Waals surface area contributed by atoms with Gasteiger partial charge in [-0.05, 0) is 48.1 Å². The van der Waals surface area contributed by atoms with Gasteiger partial charge >= 0.3 is 0 Å². The minimum absolute atomic E-state index is 0.547. The summed E-state index contributed by atoms with van der Waals surface area (Å²) in [6, 6.07) is 16.0. The molecule has 4 rings (SSSR count). The van der Waals surface area contributed by atoms with Crippen LogP contribution < -0.4 is 0 Å². The Labute approximate surface area is 164 Å². The minimum Gasteiger partial charge on any atom is -0.389 e. The summed E-state index contributed by atoms with van der Waals surface area (Å²) in [6.07, 6.45) is 8.55. The first-order valence-electron chi connectivity index (χ1n) is 9.25. The van der Waals surface area contributed by atoms with Crippen LogP contribution in [0, 0.1) is 0 Å². The van der Waals surface area contributed by atoms with E-state index in [1.54, 1.807) is 13.8 Å². The summed E-state index contributed by atoms with van der Waals surface area (Å²) < 4.78 is 2.00. The molecule has 0 aliphatic carbocycles. The zero-order valence-electron chi connectivity index (χ0n) is 16.0. The molecule has 0 atom stereocenters. The maximum absolute atomic E-state index is 11.2. The van der Waals surface area contributed by atoms with Crippen molar-refractivity contribution in [3.05, 3.63) is 78.9 Å². The van der Waals surface area contributed by atoms with Crippen molar-refractivity contribution in [1.29, 1.82) is 0 Å². The molecule has 2 aromatic carbocycles. The Balaban J connectivity index is 1.67. The fraction of sp³-hybridized carbons (Fsp3) is 0.167. The van der Waals surface area contributed by atoms with Crippen molar-refractivity contribution < 1.29 is 9.90 Å². The molecule has 0 unspecified atom stereocenters. The molecular weight excluding hydrogens is 348 g/mol. The van der Waals surface area contributed by atoms with Gasteiger partial charge in [0.2, 0.25) is 0 Å². The zero-order valence-corrected chi connectivity index (χ0v) is 16.0. The normalized spacial score (nSPS) is 11.7. The molecule has 0 spiro atoms. The van der Waals surface area contributed by atoms with Crippen LogP contribution in [-0.2, 0) is 6.54 Å². The lowest BCUT2D eigenvalue weighted by molar-refractivity contribution is 0.0616. The van der Waals surface area contributed by atoms with Crippen molar-refractivity contribution in [1.82, 2.24) is 9.55 Å². The average molecular weight is 370 g/mol. The van der Waals surface area contributed by atoms with E-state index in [0.29, 0.717) is 12.1 Å². The summed E-state index contributed by atoms with van der Waals surface area (Å²) in [7, 11) is 0. The molecule has 0 aliphatic rings. The predicted octanol–water partition coefficient (Wildman–Crippen LogP) is 4.95. The van der Waals surface area contributed by atoms with Crippen molar-refractivity contribution in [2.45, 2.75) is 26.0 Å². The minimum atomic E-state index is -0.748. The van der Waals surface area contributed by atoms with Crippen LogP contribution in [0.3, 0.4) is 0 Å². The van der Waals surface area contributed by atoms with Crippen molar-refractivity contribution in [3.8, 4) is 22.3 Å². The Bertz CT molecular complexity index is 1140. The van der Waals surface area contributed by atoms with E-state index in [-0.39, 0.29) is 0 Å². The van der Waals surface area contributed by atoms with Gasteiger partial charge in [0.15, 0.2) is 0 Å². The second kappa shape index (κ2) is 7.06. The number of aliphatic hydroxyl groups is 1. The molecule has 2 aromatic heterocycles. The lowest BCUT2D eigenvalue weighted by Crippen LogP contribution is -2.25. The van der Waals surface area contributed by atoms with E-state index < -0.39 is 5.60 Å². The number of carbonyl (C=O) groups excluding carboxylic acids is 1. The molecule has 0 aliphatic heterocycles. The Morgan fingerprint density at radius 1 is 1.00 bits per heavy atom. The highest BCUT2D eigenvalue weighted by molar-refractivity contribution is 5.98. The van der Waals surface area contributed by atoms with E-state index >= 15 is 0 Å². The molecule has 0 bridgehead atoms. The molecule has 140 valence electrons. The highest BCUT2D eigenvalue weighted by Gasteiger charge is 2.13. The first-order valence-corrected chi connectivity index (χ1v) is 9.25. The zero-order chi connectivity index (χ0) is 19.7. The third kappa shape index (κ3) is 3.73. The van der Waals surface area contributed by atoms with Crippen LogP contribution in [0.15, 0.2) is 73.3 Å². The Morgan fingerprint density at radius 2 is 1.75 bits per heavy atom. The predicted molar refractivity (Wildman–Crippen MR) is 112 cm³/mol. The van der Waals surface area contributed by atoms with E-state index in [2.05, 4.69) is 35.3 Å². The van der Waals surface area contributed by atoms with Gasteiger partial charge in [0.1, 0.15) is 6.29 Å². The van der Waals surface area contributed by atoms with Crippen LogP contribution in [0.1, 0.15) is 24.2 Å². The van der Waals surface area contributed by atoms with Crippen molar-refractivity contribution in [2.75, 3.05) is 0 Å². The monoisotopic (exact) mass is 370 g/mol. The van der Waals surface area contributed by atoms with Crippen LogP contribution >= 0.6 is 0 Å². The second-order valence-corrected chi connectivity index (χ2v) is 7.75. The third-order valence-corrected chi connectivity index (χ3v) is 4.77. The van der Waals surface area contributed by atoms with Gasteiger partial charge in [-0.15, -0.1) is 0 Å². The van der Waals surface area contributed by atoms with Crippen molar-refractivity contribution in [3.63, 3.8) is 0 Å². The molecule has 1 N–H and O–H groups in total. The topological polar surface area (TPSA) is 55.1 Å². The van der Waals surface area contributed by atoms with Gasteiger partial charge in [-0.25, -0.2) is 0 Å². The van der Waals surface area contributed by atoms with E-state index in [9.17, 15) is 9.90 Å². The molecular formula is C24H22N2O2. The maximum atomic E-state index is 11.2. The van der Waals surface area contributed by atoms with Crippen molar-refractivity contribution in [2.24, 2.45) is 0 Å². The molecule has 0 amide bonds. The van der Waals surface area contributed by atoms with Crippen molar-refractivity contribution >= 4 is 17.1 Å². The molecule has 4 aromatic rings. The third-order valence-electron chi connectivity index (χ3n) is 4.77. The standard InChI is InChI=1S/C24H22N2O2/c1-24(2,28)16-26-10-9-21(14-26)18-5-7-19(8-6-18)23-13-25-12-20-4-3-17(15-27)11-22(20)23/h3-15,28H,16H2,1-2H3.